The standard InChI is InChI=1S/C24H25N3O4/c1-17-7-3-4-8-20(17)26-24(29)19(15-25)13-18-9-10-21(22(14-18)30-2)31-16-23(28)27-11-5-6-12-27/h3-4,7-10,13-14H,5-6,11-12,16H2,1-2H3,(H,26,29)/b19-13+. The molecule has 7 nitrogen and oxygen atoms in total. The summed E-state index contributed by atoms with van der Waals surface area (Å²) in [5, 5.41) is 12.2. The average Bonchev–Trinajstić information content (AvgIpc) is 3.32. The van der Waals surface area contributed by atoms with Gasteiger partial charge in [0.2, 0.25) is 0 Å². The second-order valence-electron chi connectivity index (χ2n) is 7.23. The number of methoxy groups -OCH3 is 1. The lowest BCUT2D eigenvalue weighted by molar-refractivity contribution is -0.132. The zero-order valence-corrected chi connectivity index (χ0v) is 17.7. The zero-order valence-electron chi connectivity index (χ0n) is 17.7. The zero-order chi connectivity index (χ0) is 22.2. The van der Waals surface area contributed by atoms with E-state index in [4.69, 9.17) is 9.47 Å². The molecule has 31 heavy (non-hydrogen) atoms. The molecule has 2 aromatic rings. The molecule has 1 heterocycles. The van der Waals surface area contributed by atoms with E-state index in [9.17, 15) is 14.9 Å². The molecule has 2 amide bonds. The molecule has 0 radical (unpaired) electrons. The molecule has 0 atom stereocenters. The van der Waals surface area contributed by atoms with Crippen molar-refractivity contribution < 1.29 is 19.1 Å². The highest BCUT2D eigenvalue weighted by Gasteiger charge is 2.19. The monoisotopic (exact) mass is 419 g/mol. The van der Waals surface area contributed by atoms with Crippen molar-refractivity contribution in [3.8, 4) is 17.6 Å². The molecule has 7 heteroatoms. The van der Waals surface area contributed by atoms with Crippen molar-refractivity contribution in [3.05, 3.63) is 59.2 Å². The highest BCUT2D eigenvalue weighted by atomic mass is 16.5. The van der Waals surface area contributed by atoms with Crippen LogP contribution in [-0.4, -0.2) is 43.5 Å². The molecule has 3 rings (SSSR count). The number of carbonyl (C=O) groups is 2. The number of nitrogens with one attached hydrogen (secondary N) is 1. The lowest BCUT2D eigenvalue weighted by atomic mass is 10.1. The van der Waals surface area contributed by atoms with Crippen molar-refractivity contribution in [2.75, 3.05) is 32.1 Å². The molecular weight excluding hydrogens is 394 g/mol. The topological polar surface area (TPSA) is 91.7 Å². The van der Waals surface area contributed by atoms with E-state index >= 15 is 0 Å². The minimum Gasteiger partial charge on any atom is -0.493 e. The molecule has 160 valence electrons. The number of amides is 2. The summed E-state index contributed by atoms with van der Waals surface area (Å²) in [4.78, 5) is 26.5. The summed E-state index contributed by atoms with van der Waals surface area (Å²) >= 11 is 0. The normalized spacial score (nSPS) is 13.5. The van der Waals surface area contributed by atoms with Crippen LogP contribution in [0.15, 0.2) is 48.0 Å². The average molecular weight is 419 g/mol. The number of rotatable bonds is 7. The smallest absolute Gasteiger partial charge is 0.266 e. The predicted molar refractivity (Wildman–Crippen MR) is 118 cm³/mol. The third-order valence-electron chi connectivity index (χ3n) is 5.07. The number of para-hydroxylation sites is 1. The number of carbonyl (C=O) groups excluding carboxylic acids is 2. The molecule has 1 N–H and O–H groups in total. The van der Waals surface area contributed by atoms with E-state index in [1.807, 2.05) is 31.2 Å². The number of ether oxygens (including phenoxy) is 2. The Kier molecular flexibility index (Phi) is 7.28. The Morgan fingerprint density at radius 3 is 2.58 bits per heavy atom. The van der Waals surface area contributed by atoms with Gasteiger partial charge in [-0.05, 0) is 55.2 Å². The van der Waals surface area contributed by atoms with Crippen LogP contribution >= 0.6 is 0 Å². The van der Waals surface area contributed by atoms with E-state index in [1.165, 1.54) is 13.2 Å². The Balaban J connectivity index is 1.71. The van der Waals surface area contributed by atoms with Gasteiger partial charge in [0.15, 0.2) is 18.1 Å². The SMILES string of the molecule is COc1cc(/C=C(\C#N)C(=O)Nc2ccccc2C)ccc1OCC(=O)N1CCCC1. The second-order valence-corrected chi connectivity index (χ2v) is 7.23. The summed E-state index contributed by atoms with van der Waals surface area (Å²) in [6.07, 6.45) is 3.53. The summed E-state index contributed by atoms with van der Waals surface area (Å²) in [6, 6.07) is 14.3. The molecule has 0 saturated carbocycles. The number of likely N-dealkylation sites (tertiary alicyclic amines) is 1. The highest BCUT2D eigenvalue weighted by molar-refractivity contribution is 6.10. The van der Waals surface area contributed by atoms with Crippen molar-refractivity contribution in [3.63, 3.8) is 0 Å². The Morgan fingerprint density at radius 1 is 1.16 bits per heavy atom. The van der Waals surface area contributed by atoms with Gasteiger partial charge in [-0.1, -0.05) is 24.3 Å². The number of hydrogen-bond donors (Lipinski definition) is 1. The van der Waals surface area contributed by atoms with Crippen LogP contribution in [0.5, 0.6) is 11.5 Å². The Bertz CT molecular complexity index is 1030. The van der Waals surface area contributed by atoms with Gasteiger partial charge < -0.3 is 19.7 Å². The first-order valence-corrected chi connectivity index (χ1v) is 10.1. The van der Waals surface area contributed by atoms with E-state index in [2.05, 4.69) is 5.32 Å². The minimum atomic E-state index is -0.493. The van der Waals surface area contributed by atoms with Gasteiger partial charge >= 0.3 is 0 Å². The molecular formula is C24H25N3O4. The molecule has 0 unspecified atom stereocenters. The van der Waals surface area contributed by atoms with Crippen molar-refractivity contribution in [2.45, 2.75) is 19.8 Å². The highest BCUT2D eigenvalue weighted by Crippen LogP contribution is 2.29. The van der Waals surface area contributed by atoms with E-state index < -0.39 is 5.91 Å². The number of anilines is 1. The first kappa shape index (κ1) is 21.9. The maximum absolute atomic E-state index is 12.5. The van der Waals surface area contributed by atoms with E-state index in [0.29, 0.717) is 22.7 Å². The van der Waals surface area contributed by atoms with Crippen molar-refractivity contribution in [1.29, 1.82) is 5.26 Å². The van der Waals surface area contributed by atoms with Crippen LogP contribution in [-0.2, 0) is 9.59 Å². The number of hydrogen-bond acceptors (Lipinski definition) is 5. The summed E-state index contributed by atoms with van der Waals surface area (Å²) in [5.74, 6) is 0.296. The first-order chi connectivity index (χ1) is 15.0. The van der Waals surface area contributed by atoms with Crippen LogP contribution in [0.25, 0.3) is 6.08 Å². The molecule has 2 aromatic carbocycles. The van der Waals surface area contributed by atoms with Crippen LogP contribution < -0.4 is 14.8 Å². The Hall–Kier alpha value is -3.79. The Labute approximate surface area is 181 Å². The van der Waals surface area contributed by atoms with E-state index in [0.717, 1.165) is 31.5 Å². The van der Waals surface area contributed by atoms with Crippen LogP contribution in [0.1, 0.15) is 24.0 Å². The molecule has 1 aliphatic heterocycles. The number of nitriles is 1. The van der Waals surface area contributed by atoms with Gasteiger partial charge in [-0.25, -0.2) is 0 Å². The fourth-order valence-electron chi connectivity index (χ4n) is 3.31. The van der Waals surface area contributed by atoms with Gasteiger partial charge in [0.1, 0.15) is 11.6 Å². The lowest BCUT2D eigenvalue weighted by Crippen LogP contribution is -2.32. The minimum absolute atomic E-state index is 0.0387. The number of aryl methyl sites for hydroxylation is 1. The predicted octanol–water partition coefficient (Wildman–Crippen LogP) is 3.55. The second kappa shape index (κ2) is 10.3. The van der Waals surface area contributed by atoms with E-state index in [-0.39, 0.29) is 18.1 Å². The molecule has 0 aliphatic carbocycles. The van der Waals surface area contributed by atoms with Crippen molar-refractivity contribution in [1.82, 2.24) is 4.90 Å². The maximum Gasteiger partial charge on any atom is 0.266 e. The fourth-order valence-corrected chi connectivity index (χ4v) is 3.31. The molecule has 1 saturated heterocycles. The summed E-state index contributed by atoms with van der Waals surface area (Å²) in [6.45, 7) is 3.35. The largest absolute Gasteiger partial charge is 0.493 e. The van der Waals surface area contributed by atoms with Crippen LogP contribution in [0.4, 0.5) is 5.69 Å². The van der Waals surface area contributed by atoms with Crippen LogP contribution in [0.3, 0.4) is 0 Å². The molecule has 0 bridgehead atoms. The molecule has 0 spiro atoms. The lowest BCUT2D eigenvalue weighted by Gasteiger charge is -2.16. The third-order valence-corrected chi connectivity index (χ3v) is 5.07. The number of nitrogens with zero attached hydrogens (tertiary/aromatic N) is 2. The number of benzene rings is 2. The van der Waals surface area contributed by atoms with Gasteiger partial charge in [-0.15, -0.1) is 0 Å². The fraction of sp³-hybridized carbons (Fsp3) is 0.292. The van der Waals surface area contributed by atoms with Gasteiger partial charge in [0.25, 0.3) is 11.8 Å². The van der Waals surface area contributed by atoms with Gasteiger partial charge in [-0.3, -0.25) is 9.59 Å². The summed E-state index contributed by atoms with van der Waals surface area (Å²) in [5.41, 5.74) is 2.12. The van der Waals surface area contributed by atoms with Gasteiger partial charge in [-0.2, -0.15) is 5.26 Å². The molecule has 0 aromatic heterocycles. The van der Waals surface area contributed by atoms with Crippen LogP contribution in [0, 0.1) is 18.3 Å². The van der Waals surface area contributed by atoms with Crippen molar-refractivity contribution in [2.24, 2.45) is 0 Å². The summed E-state index contributed by atoms with van der Waals surface area (Å²) < 4.78 is 11.0. The third kappa shape index (κ3) is 5.64. The van der Waals surface area contributed by atoms with Gasteiger partial charge in [0.05, 0.1) is 7.11 Å². The quantitative estimate of drug-likeness (QED) is 0.547. The van der Waals surface area contributed by atoms with Crippen molar-refractivity contribution >= 4 is 23.6 Å². The van der Waals surface area contributed by atoms with Crippen LogP contribution in [0.2, 0.25) is 0 Å². The van der Waals surface area contributed by atoms with Gasteiger partial charge in [0, 0.05) is 18.8 Å². The maximum atomic E-state index is 12.5. The summed E-state index contributed by atoms with van der Waals surface area (Å²) in [7, 11) is 1.49. The Morgan fingerprint density at radius 2 is 1.90 bits per heavy atom. The van der Waals surface area contributed by atoms with E-state index in [1.54, 1.807) is 29.2 Å². The first-order valence-electron chi connectivity index (χ1n) is 10.1. The molecule has 1 fully saturated rings. The molecule has 1 aliphatic rings.